The van der Waals surface area contributed by atoms with Crippen LogP contribution in [0.4, 0.5) is 5.69 Å². The Morgan fingerprint density at radius 2 is 2.03 bits per heavy atom. The van der Waals surface area contributed by atoms with E-state index in [0.717, 1.165) is 30.8 Å². The van der Waals surface area contributed by atoms with Gasteiger partial charge in [-0.2, -0.15) is 0 Å². The minimum atomic E-state index is -0.966. The molecule has 1 aromatic rings. The molecule has 6 aliphatic rings. The molecule has 1 aromatic carbocycles. The van der Waals surface area contributed by atoms with Gasteiger partial charge < -0.3 is 24.2 Å². The van der Waals surface area contributed by atoms with E-state index in [1.54, 1.807) is 14.2 Å². The number of hydrogen-bond donors (Lipinski definition) is 1. The predicted molar refractivity (Wildman–Crippen MR) is 108 cm³/mol. The van der Waals surface area contributed by atoms with Crippen LogP contribution in [0.15, 0.2) is 23.8 Å². The van der Waals surface area contributed by atoms with Crippen molar-refractivity contribution in [3.05, 3.63) is 29.3 Å². The lowest BCUT2D eigenvalue weighted by molar-refractivity contribution is -0.197. The summed E-state index contributed by atoms with van der Waals surface area (Å²) in [6.45, 7) is 2.17. The highest BCUT2D eigenvalue weighted by Gasteiger charge is 2.77. The van der Waals surface area contributed by atoms with Gasteiger partial charge in [0.2, 0.25) is 5.91 Å². The van der Waals surface area contributed by atoms with E-state index in [2.05, 4.69) is 11.0 Å². The molecule has 0 unspecified atom stereocenters. The summed E-state index contributed by atoms with van der Waals surface area (Å²) in [7, 11) is 3.25. The van der Waals surface area contributed by atoms with Crippen molar-refractivity contribution in [2.24, 2.45) is 11.8 Å². The van der Waals surface area contributed by atoms with E-state index in [4.69, 9.17) is 14.2 Å². The normalized spacial score (nSPS) is 42.6. The molecular weight excluding hydrogens is 384 g/mol. The molecule has 0 aromatic heterocycles. The molecule has 30 heavy (non-hydrogen) atoms. The first-order chi connectivity index (χ1) is 14.5. The molecule has 5 aliphatic heterocycles. The number of ether oxygens (including phenoxy) is 3. The van der Waals surface area contributed by atoms with E-state index in [1.807, 2.05) is 17.0 Å². The number of fused-ring (bicyclic) bond motifs is 2. The lowest BCUT2D eigenvalue weighted by Gasteiger charge is -2.62. The van der Waals surface area contributed by atoms with Crippen molar-refractivity contribution in [3.63, 3.8) is 0 Å². The predicted octanol–water partition coefficient (Wildman–Crippen LogP) is 1.43. The van der Waals surface area contributed by atoms with Crippen LogP contribution in [0, 0.1) is 11.8 Å². The highest BCUT2D eigenvalue weighted by Crippen LogP contribution is 2.69. The summed E-state index contributed by atoms with van der Waals surface area (Å²) in [5.74, 6) is 1.79. The van der Waals surface area contributed by atoms with Crippen molar-refractivity contribution >= 4 is 11.6 Å². The second kappa shape index (κ2) is 5.39. The van der Waals surface area contributed by atoms with E-state index in [9.17, 15) is 9.90 Å². The quantitative estimate of drug-likeness (QED) is 0.744. The molecule has 6 atom stereocenters. The molecule has 7 heteroatoms. The summed E-state index contributed by atoms with van der Waals surface area (Å²) < 4.78 is 17.4. The number of methoxy groups -OCH3 is 2. The first-order valence-electron chi connectivity index (χ1n) is 10.9. The standard InChI is InChI=1S/C23H26N2O5/c1-28-16-7-14-15(8-17(16)29-2)25-19(26)9-18-20-13-10-23(27)22(14,21(20)25)4-5-24(23)11-12(13)3-6-30-18/h3,7-8,13,18,20-21,27H,4-6,9-11H2,1-2H3/t13-,18+,20+,21-,22-,23-/m1/s1. The van der Waals surface area contributed by atoms with E-state index >= 15 is 0 Å². The third kappa shape index (κ3) is 1.68. The molecule has 1 amide bonds. The van der Waals surface area contributed by atoms with Crippen LogP contribution in [-0.2, 0) is 14.9 Å². The molecule has 1 aliphatic carbocycles. The summed E-state index contributed by atoms with van der Waals surface area (Å²) in [4.78, 5) is 17.7. The van der Waals surface area contributed by atoms with Gasteiger partial charge in [-0.3, -0.25) is 9.69 Å². The van der Waals surface area contributed by atoms with Gasteiger partial charge in [-0.05, 0) is 30.4 Å². The molecule has 1 saturated carbocycles. The van der Waals surface area contributed by atoms with Crippen molar-refractivity contribution in [1.82, 2.24) is 4.90 Å². The van der Waals surface area contributed by atoms with Gasteiger partial charge >= 0.3 is 0 Å². The van der Waals surface area contributed by atoms with Gasteiger partial charge in [-0.25, -0.2) is 0 Å². The van der Waals surface area contributed by atoms with Crippen molar-refractivity contribution in [2.75, 3.05) is 38.8 Å². The van der Waals surface area contributed by atoms with Crippen molar-refractivity contribution in [3.8, 4) is 11.5 Å². The van der Waals surface area contributed by atoms with Gasteiger partial charge in [0.1, 0.15) is 5.72 Å². The second-order valence-electron chi connectivity index (χ2n) is 9.64. The largest absolute Gasteiger partial charge is 0.493 e. The molecule has 0 radical (unpaired) electrons. The second-order valence-corrected chi connectivity index (χ2v) is 9.64. The fraction of sp³-hybridized carbons (Fsp3) is 0.609. The fourth-order valence-corrected chi connectivity index (χ4v) is 7.89. The first kappa shape index (κ1) is 17.6. The zero-order valence-electron chi connectivity index (χ0n) is 17.3. The Morgan fingerprint density at radius 1 is 1.23 bits per heavy atom. The number of nitrogens with zero attached hydrogens (tertiary/aromatic N) is 2. The van der Waals surface area contributed by atoms with Gasteiger partial charge in [0, 0.05) is 25.1 Å². The van der Waals surface area contributed by atoms with Gasteiger partial charge in [-0.1, -0.05) is 11.6 Å². The minimum absolute atomic E-state index is 0.0806. The number of amides is 1. The number of aliphatic hydroxyl groups is 1. The smallest absolute Gasteiger partial charge is 0.229 e. The van der Waals surface area contributed by atoms with Crippen molar-refractivity contribution in [2.45, 2.75) is 42.5 Å². The van der Waals surface area contributed by atoms with E-state index in [1.165, 1.54) is 5.57 Å². The van der Waals surface area contributed by atoms with Crippen LogP contribution in [0.25, 0.3) is 0 Å². The summed E-state index contributed by atoms with van der Waals surface area (Å²) in [6.07, 6.45) is 4.03. The topological polar surface area (TPSA) is 71.5 Å². The van der Waals surface area contributed by atoms with E-state index in [-0.39, 0.29) is 29.9 Å². The molecule has 4 fully saturated rings. The first-order valence-corrected chi connectivity index (χ1v) is 10.9. The van der Waals surface area contributed by atoms with E-state index < -0.39 is 11.1 Å². The van der Waals surface area contributed by atoms with Crippen LogP contribution in [0.1, 0.15) is 24.8 Å². The van der Waals surface area contributed by atoms with Crippen LogP contribution in [0.5, 0.6) is 11.5 Å². The number of benzene rings is 1. The third-order valence-corrected chi connectivity index (χ3v) is 8.95. The van der Waals surface area contributed by atoms with Gasteiger partial charge in [0.15, 0.2) is 11.5 Å². The molecule has 7 nitrogen and oxygen atoms in total. The minimum Gasteiger partial charge on any atom is -0.493 e. The van der Waals surface area contributed by atoms with Gasteiger partial charge in [0.05, 0.1) is 50.5 Å². The number of piperidine rings is 2. The number of rotatable bonds is 2. The van der Waals surface area contributed by atoms with Crippen LogP contribution in [0.3, 0.4) is 0 Å². The number of carbonyl (C=O) groups is 1. The molecule has 158 valence electrons. The van der Waals surface area contributed by atoms with Crippen LogP contribution < -0.4 is 14.4 Å². The van der Waals surface area contributed by atoms with Gasteiger partial charge in [-0.15, -0.1) is 0 Å². The summed E-state index contributed by atoms with van der Waals surface area (Å²) in [6, 6.07) is 3.84. The lowest BCUT2D eigenvalue weighted by Crippen LogP contribution is -2.74. The summed E-state index contributed by atoms with van der Waals surface area (Å²) >= 11 is 0. The number of anilines is 1. The molecule has 7 rings (SSSR count). The van der Waals surface area contributed by atoms with E-state index in [0.29, 0.717) is 30.9 Å². The molecule has 1 spiro atoms. The highest BCUT2D eigenvalue weighted by atomic mass is 16.5. The average Bonchev–Trinajstić information content (AvgIpc) is 3.15. The van der Waals surface area contributed by atoms with Crippen LogP contribution in [0.2, 0.25) is 0 Å². The lowest BCUT2D eigenvalue weighted by atomic mass is 9.52. The number of carbonyl (C=O) groups excluding carboxylic acids is 1. The number of hydrogen-bond acceptors (Lipinski definition) is 6. The molecule has 2 bridgehead atoms. The molecule has 1 N–H and O–H groups in total. The Kier molecular flexibility index (Phi) is 3.16. The maximum absolute atomic E-state index is 13.5. The Morgan fingerprint density at radius 3 is 2.83 bits per heavy atom. The molecular formula is C23H26N2O5. The fourth-order valence-electron chi connectivity index (χ4n) is 7.89. The van der Waals surface area contributed by atoms with Gasteiger partial charge in [0.25, 0.3) is 0 Å². The Balaban J connectivity index is 1.55. The molecule has 3 saturated heterocycles. The maximum atomic E-state index is 13.5. The third-order valence-electron chi connectivity index (χ3n) is 8.95. The Labute approximate surface area is 175 Å². The summed E-state index contributed by atoms with van der Waals surface area (Å²) in [5.41, 5.74) is 1.78. The maximum Gasteiger partial charge on any atom is 0.229 e. The highest BCUT2D eigenvalue weighted by molar-refractivity contribution is 6.00. The zero-order valence-corrected chi connectivity index (χ0v) is 17.3. The Hall–Kier alpha value is -2.09. The van der Waals surface area contributed by atoms with Crippen molar-refractivity contribution in [1.29, 1.82) is 0 Å². The average molecular weight is 410 g/mol. The zero-order chi connectivity index (χ0) is 20.4. The summed E-state index contributed by atoms with van der Waals surface area (Å²) in [5, 5.41) is 12.3. The van der Waals surface area contributed by atoms with Crippen LogP contribution >= 0.6 is 0 Å². The monoisotopic (exact) mass is 410 g/mol. The SMILES string of the molecule is COc1cc2c(cc1OC)[C@]13CCN4CC5=CCO[C@H]6CC(=O)N2[C@@H]1[C@H]6[C@@H]5C[C@]43O. The molecule has 5 heterocycles. The Bertz CT molecular complexity index is 1020. The van der Waals surface area contributed by atoms with Crippen LogP contribution in [-0.4, -0.2) is 67.7 Å². The van der Waals surface area contributed by atoms with Crippen molar-refractivity contribution < 1.29 is 24.1 Å².